The molecule has 73 heavy (non-hydrogen) atoms. The fourth-order valence-electron chi connectivity index (χ4n) is 10.2. The molecule has 9 heteroatoms. The van der Waals surface area contributed by atoms with Crippen LogP contribution in [0.1, 0.15) is 341 Å². The van der Waals surface area contributed by atoms with Crippen LogP contribution in [0.2, 0.25) is 0 Å². The van der Waals surface area contributed by atoms with Crippen LogP contribution in [0.5, 0.6) is 0 Å². The Kier molecular flexibility index (Phi) is 55.4. The average molecular weight is 1050 g/mol. The number of nitrogens with zero attached hydrogens (tertiary/aromatic N) is 1. The summed E-state index contributed by atoms with van der Waals surface area (Å²) >= 11 is 0. The van der Waals surface area contributed by atoms with Crippen LogP contribution in [0.15, 0.2) is 12.2 Å². The minimum atomic E-state index is -4.60. The molecule has 0 aliphatic rings. The molecule has 0 aromatic carbocycles. The van der Waals surface area contributed by atoms with Crippen molar-refractivity contribution in [2.45, 2.75) is 353 Å². The van der Waals surface area contributed by atoms with E-state index in [1.54, 1.807) is 6.08 Å². The topological polar surface area (TPSA) is 108 Å². The van der Waals surface area contributed by atoms with E-state index >= 15 is 0 Å². The molecule has 3 unspecified atom stereocenters. The van der Waals surface area contributed by atoms with Crippen molar-refractivity contribution < 1.29 is 32.9 Å². The number of phosphoric acid groups is 1. The molecular formula is C64H129N2O6P. The first kappa shape index (κ1) is 72.2. The molecule has 1 amide bonds. The largest absolute Gasteiger partial charge is 0.756 e. The second-order valence-corrected chi connectivity index (χ2v) is 25.2. The third kappa shape index (κ3) is 58.8. The summed E-state index contributed by atoms with van der Waals surface area (Å²) in [4.78, 5) is 25.6. The highest BCUT2D eigenvalue weighted by molar-refractivity contribution is 7.45. The number of phosphoric ester groups is 1. The maximum absolute atomic E-state index is 13.0. The third-order valence-electron chi connectivity index (χ3n) is 15.2. The summed E-state index contributed by atoms with van der Waals surface area (Å²) in [6.07, 6.45) is 70.3. The number of likely N-dealkylation sites (N-methyl/N-ethyl adjacent to an activating group) is 1. The van der Waals surface area contributed by atoms with Gasteiger partial charge in [-0.15, -0.1) is 0 Å². The molecule has 0 aromatic rings. The zero-order valence-corrected chi connectivity index (χ0v) is 50.8. The van der Waals surface area contributed by atoms with Crippen LogP contribution in [-0.4, -0.2) is 68.5 Å². The number of carbonyl (C=O) groups excluding carboxylic acids is 1. The van der Waals surface area contributed by atoms with Crippen molar-refractivity contribution in [1.82, 2.24) is 5.32 Å². The number of allylic oxidation sites excluding steroid dienone is 1. The van der Waals surface area contributed by atoms with Gasteiger partial charge in [0.1, 0.15) is 13.2 Å². The van der Waals surface area contributed by atoms with Crippen LogP contribution in [-0.2, 0) is 18.4 Å². The molecule has 0 saturated heterocycles. The molecule has 0 fully saturated rings. The zero-order chi connectivity index (χ0) is 53.5. The lowest BCUT2D eigenvalue weighted by Crippen LogP contribution is -2.45. The quantitative estimate of drug-likeness (QED) is 0.0272. The Bertz CT molecular complexity index is 1200. The van der Waals surface area contributed by atoms with E-state index in [1.807, 2.05) is 27.2 Å². The second kappa shape index (κ2) is 56.0. The number of hydrogen-bond donors (Lipinski definition) is 2. The summed E-state index contributed by atoms with van der Waals surface area (Å²) in [6.45, 7) is 4.72. The Hall–Kier alpha value is -0.760. The molecule has 0 spiro atoms. The summed E-state index contributed by atoms with van der Waals surface area (Å²) in [5.41, 5.74) is 0. The molecular weight excluding hydrogens is 924 g/mol. The monoisotopic (exact) mass is 1050 g/mol. The van der Waals surface area contributed by atoms with E-state index in [2.05, 4.69) is 19.2 Å². The van der Waals surface area contributed by atoms with Gasteiger partial charge in [-0.05, 0) is 19.3 Å². The van der Waals surface area contributed by atoms with E-state index in [9.17, 15) is 19.4 Å². The minimum absolute atomic E-state index is 0.00291. The first-order valence-corrected chi connectivity index (χ1v) is 34.0. The Morgan fingerprint density at radius 2 is 0.740 bits per heavy atom. The molecule has 2 N–H and O–H groups in total. The Labute approximate surface area is 456 Å². The number of amides is 1. The third-order valence-corrected chi connectivity index (χ3v) is 16.2. The van der Waals surface area contributed by atoms with Gasteiger partial charge in [-0.2, -0.15) is 0 Å². The number of hydrogen-bond acceptors (Lipinski definition) is 6. The average Bonchev–Trinajstić information content (AvgIpc) is 3.35. The number of aliphatic hydroxyl groups excluding tert-OH is 1. The van der Waals surface area contributed by atoms with E-state index < -0.39 is 20.0 Å². The van der Waals surface area contributed by atoms with Crippen LogP contribution in [0.25, 0.3) is 0 Å². The molecule has 0 heterocycles. The Balaban J connectivity index is 4.09. The highest BCUT2D eigenvalue weighted by Crippen LogP contribution is 2.38. The highest BCUT2D eigenvalue weighted by Gasteiger charge is 2.23. The van der Waals surface area contributed by atoms with Gasteiger partial charge in [-0.1, -0.05) is 328 Å². The van der Waals surface area contributed by atoms with Crippen molar-refractivity contribution in [2.24, 2.45) is 0 Å². The number of aliphatic hydroxyl groups is 1. The molecule has 0 bridgehead atoms. The highest BCUT2D eigenvalue weighted by atomic mass is 31.2. The maximum atomic E-state index is 13.0. The van der Waals surface area contributed by atoms with Gasteiger partial charge in [0.25, 0.3) is 7.82 Å². The lowest BCUT2D eigenvalue weighted by atomic mass is 10.0. The van der Waals surface area contributed by atoms with Crippen molar-refractivity contribution in [2.75, 3.05) is 40.9 Å². The van der Waals surface area contributed by atoms with Gasteiger partial charge in [0, 0.05) is 6.42 Å². The Morgan fingerprint density at radius 1 is 0.466 bits per heavy atom. The molecule has 0 aliphatic heterocycles. The standard InChI is InChI=1S/C64H129N2O6P/c1-6-8-10-12-14-16-18-20-22-24-26-28-30-32-34-35-37-39-41-43-45-47-49-51-53-55-57-63(67)62(61-72-73(69,70)71-60-59-66(3,4)5)65-64(68)58-56-54-52-50-48-46-44-42-40-38-36-33-31-29-27-25-23-21-19-17-15-13-11-9-7-2/h55,57,62-63,67H,6-54,56,58-61H2,1-5H3,(H-,65,68,69,70)/b57-55+. The summed E-state index contributed by atoms with van der Waals surface area (Å²) in [5.74, 6) is -0.188. The van der Waals surface area contributed by atoms with Gasteiger partial charge in [0.05, 0.1) is 39.9 Å². The first-order valence-electron chi connectivity index (χ1n) is 32.6. The van der Waals surface area contributed by atoms with Gasteiger partial charge < -0.3 is 28.8 Å². The lowest BCUT2D eigenvalue weighted by Gasteiger charge is -2.29. The maximum Gasteiger partial charge on any atom is 0.268 e. The molecule has 0 saturated carbocycles. The first-order chi connectivity index (χ1) is 35.5. The van der Waals surface area contributed by atoms with Crippen molar-refractivity contribution in [3.63, 3.8) is 0 Å². The van der Waals surface area contributed by atoms with Gasteiger partial charge in [0.2, 0.25) is 5.91 Å². The summed E-state index contributed by atoms with van der Waals surface area (Å²) < 4.78 is 23.4. The second-order valence-electron chi connectivity index (χ2n) is 23.8. The fourth-order valence-corrected chi connectivity index (χ4v) is 10.9. The zero-order valence-electron chi connectivity index (χ0n) is 49.9. The van der Waals surface area contributed by atoms with Crippen LogP contribution >= 0.6 is 7.82 Å². The molecule has 8 nitrogen and oxygen atoms in total. The van der Waals surface area contributed by atoms with E-state index in [1.165, 1.54) is 283 Å². The van der Waals surface area contributed by atoms with E-state index in [0.29, 0.717) is 17.4 Å². The van der Waals surface area contributed by atoms with Gasteiger partial charge in [-0.3, -0.25) is 9.36 Å². The van der Waals surface area contributed by atoms with Crippen molar-refractivity contribution >= 4 is 13.7 Å². The van der Waals surface area contributed by atoms with Crippen molar-refractivity contribution in [1.29, 1.82) is 0 Å². The molecule has 3 atom stereocenters. The molecule has 0 aromatic heterocycles. The molecule has 436 valence electrons. The van der Waals surface area contributed by atoms with E-state index in [-0.39, 0.29) is 19.1 Å². The number of carbonyl (C=O) groups is 1. The summed E-state index contributed by atoms with van der Waals surface area (Å²) in [5, 5.41) is 13.9. The predicted octanol–water partition coefficient (Wildman–Crippen LogP) is 19.5. The van der Waals surface area contributed by atoms with Crippen molar-refractivity contribution in [3.05, 3.63) is 12.2 Å². The van der Waals surface area contributed by atoms with E-state index in [0.717, 1.165) is 38.5 Å². The summed E-state index contributed by atoms with van der Waals surface area (Å²) in [6, 6.07) is -0.883. The van der Waals surface area contributed by atoms with Crippen LogP contribution < -0.4 is 10.2 Å². The van der Waals surface area contributed by atoms with Crippen LogP contribution in [0.3, 0.4) is 0 Å². The fraction of sp³-hybridized carbons (Fsp3) is 0.953. The molecule has 0 radical (unpaired) electrons. The predicted molar refractivity (Wildman–Crippen MR) is 316 cm³/mol. The van der Waals surface area contributed by atoms with Gasteiger partial charge >= 0.3 is 0 Å². The lowest BCUT2D eigenvalue weighted by molar-refractivity contribution is -0.870. The molecule has 0 rings (SSSR count). The van der Waals surface area contributed by atoms with E-state index in [4.69, 9.17) is 9.05 Å². The smallest absolute Gasteiger partial charge is 0.268 e. The van der Waals surface area contributed by atoms with Gasteiger partial charge in [0.15, 0.2) is 0 Å². The normalized spacial score (nSPS) is 13.8. The SMILES string of the molecule is CCCCCCCCCCCCCCCCCCCCCCCCCC/C=C/C(O)C(COP(=O)([O-])OCC[N+](C)(C)C)NC(=O)CCCCCCCCCCCCCCCCCCCCCCCCCCC. The Morgan fingerprint density at radius 3 is 1.03 bits per heavy atom. The minimum Gasteiger partial charge on any atom is -0.756 e. The number of nitrogens with one attached hydrogen (secondary N) is 1. The van der Waals surface area contributed by atoms with Gasteiger partial charge in [-0.25, -0.2) is 0 Å². The van der Waals surface area contributed by atoms with Crippen LogP contribution in [0, 0.1) is 0 Å². The van der Waals surface area contributed by atoms with Crippen molar-refractivity contribution in [3.8, 4) is 0 Å². The summed E-state index contributed by atoms with van der Waals surface area (Å²) in [7, 11) is 1.28. The number of rotatable bonds is 61. The number of unbranched alkanes of at least 4 members (excludes halogenated alkanes) is 48. The van der Waals surface area contributed by atoms with Crippen LogP contribution in [0.4, 0.5) is 0 Å². The molecule has 0 aliphatic carbocycles. The number of quaternary nitrogens is 1.